The summed E-state index contributed by atoms with van der Waals surface area (Å²) < 4.78 is 0. The Morgan fingerprint density at radius 2 is 2.36 bits per heavy atom. The van der Waals surface area contributed by atoms with Gasteiger partial charge in [-0.1, -0.05) is 18.7 Å². The van der Waals surface area contributed by atoms with Gasteiger partial charge in [0.1, 0.15) is 5.75 Å². The third-order valence-corrected chi connectivity index (χ3v) is 2.97. The third-order valence-electron chi connectivity index (χ3n) is 1.89. The number of hydrogen-bond donors (Lipinski definition) is 2. The van der Waals surface area contributed by atoms with Crippen LogP contribution in [0.4, 0.5) is 0 Å². The molecule has 0 radical (unpaired) electrons. The van der Waals surface area contributed by atoms with E-state index < -0.39 is 0 Å². The quantitative estimate of drug-likeness (QED) is 0.762. The Bertz CT molecular complexity index is 439. The summed E-state index contributed by atoms with van der Waals surface area (Å²) in [7, 11) is 0. The second kappa shape index (κ2) is 3.92. The topological polar surface area (TPSA) is 48.9 Å². The molecule has 0 aliphatic rings. The van der Waals surface area contributed by atoms with E-state index in [0.29, 0.717) is 0 Å². The zero-order valence-corrected chi connectivity index (χ0v) is 8.77. The van der Waals surface area contributed by atoms with Crippen molar-refractivity contribution in [3.8, 4) is 5.75 Å². The lowest BCUT2D eigenvalue weighted by Gasteiger charge is -1.90. The summed E-state index contributed by atoms with van der Waals surface area (Å²) in [4.78, 5) is 7.55. The van der Waals surface area contributed by atoms with Gasteiger partial charge in [0.25, 0.3) is 0 Å². The molecule has 0 aliphatic carbocycles. The highest BCUT2D eigenvalue weighted by Crippen LogP contribution is 2.22. The van der Waals surface area contributed by atoms with Crippen molar-refractivity contribution >= 4 is 22.8 Å². The number of hydrogen-bond acceptors (Lipinski definition) is 3. The minimum Gasteiger partial charge on any atom is -0.508 e. The van der Waals surface area contributed by atoms with Crippen molar-refractivity contribution < 1.29 is 5.11 Å². The third kappa shape index (κ3) is 1.85. The van der Waals surface area contributed by atoms with E-state index in [1.165, 1.54) is 0 Å². The van der Waals surface area contributed by atoms with E-state index in [0.717, 1.165) is 28.4 Å². The zero-order valence-electron chi connectivity index (χ0n) is 7.95. The molecule has 14 heavy (non-hydrogen) atoms. The predicted octanol–water partition coefficient (Wildman–Crippen LogP) is 2.77. The largest absolute Gasteiger partial charge is 0.508 e. The summed E-state index contributed by atoms with van der Waals surface area (Å²) in [6.07, 6.45) is 1.13. The van der Waals surface area contributed by atoms with Crippen LogP contribution in [0.2, 0.25) is 0 Å². The fourth-order valence-corrected chi connectivity index (χ4v) is 1.98. The summed E-state index contributed by atoms with van der Waals surface area (Å²) in [6.45, 7) is 2.14. The van der Waals surface area contributed by atoms with Crippen LogP contribution in [0.15, 0.2) is 23.4 Å². The summed E-state index contributed by atoms with van der Waals surface area (Å²) >= 11 is 1.70. The lowest BCUT2D eigenvalue weighted by Crippen LogP contribution is -1.76. The van der Waals surface area contributed by atoms with Crippen LogP contribution in [0.25, 0.3) is 11.0 Å². The van der Waals surface area contributed by atoms with Gasteiger partial charge in [-0.15, -0.1) is 0 Å². The van der Waals surface area contributed by atoms with Crippen LogP contribution < -0.4 is 0 Å². The first-order chi connectivity index (χ1) is 6.79. The number of aromatic amines is 1. The van der Waals surface area contributed by atoms with Crippen LogP contribution in [0.5, 0.6) is 5.75 Å². The van der Waals surface area contributed by atoms with Gasteiger partial charge in [-0.3, -0.25) is 0 Å². The minimum atomic E-state index is 0.271. The van der Waals surface area contributed by atoms with Crippen molar-refractivity contribution in [2.24, 2.45) is 0 Å². The monoisotopic (exact) mass is 208 g/mol. The van der Waals surface area contributed by atoms with Gasteiger partial charge in [-0.25, -0.2) is 4.98 Å². The van der Waals surface area contributed by atoms with Crippen LogP contribution in [0, 0.1) is 0 Å². The fraction of sp³-hybridized carbons (Fsp3) is 0.300. The number of fused-ring (bicyclic) bond motifs is 1. The number of nitrogens with one attached hydrogen (secondary N) is 1. The Labute approximate surface area is 86.6 Å². The Kier molecular flexibility index (Phi) is 2.63. The van der Waals surface area contributed by atoms with Crippen LogP contribution in [-0.2, 0) is 0 Å². The number of H-pyrrole nitrogens is 1. The standard InChI is InChI=1S/C10H12N2OS/c1-2-5-14-10-11-8-4-3-7(13)6-9(8)12-10/h3-4,6,13H,2,5H2,1H3,(H,11,12). The van der Waals surface area contributed by atoms with Gasteiger partial charge in [-0.2, -0.15) is 0 Å². The van der Waals surface area contributed by atoms with Crippen molar-refractivity contribution in [3.05, 3.63) is 18.2 Å². The van der Waals surface area contributed by atoms with Gasteiger partial charge >= 0.3 is 0 Å². The predicted molar refractivity (Wildman–Crippen MR) is 58.8 cm³/mol. The first kappa shape index (κ1) is 9.40. The molecule has 1 aromatic heterocycles. The molecule has 1 aromatic carbocycles. The van der Waals surface area contributed by atoms with Gasteiger partial charge < -0.3 is 10.1 Å². The molecule has 3 nitrogen and oxygen atoms in total. The van der Waals surface area contributed by atoms with E-state index >= 15 is 0 Å². The van der Waals surface area contributed by atoms with Crippen molar-refractivity contribution in [2.75, 3.05) is 5.75 Å². The summed E-state index contributed by atoms with van der Waals surface area (Å²) in [5.74, 6) is 1.33. The van der Waals surface area contributed by atoms with E-state index in [-0.39, 0.29) is 5.75 Å². The van der Waals surface area contributed by atoms with Crippen molar-refractivity contribution in [3.63, 3.8) is 0 Å². The molecule has 0 spiro atoms. The lowest BCUT2D eigenvalue weighted by molar-refractivity contribution is 0.476. The molecule has 0 unspecified atom stereocenters. The van der Waals surface area contributed by atoms with E-state index in [1.807, 2.05) is 6.07 Å². The van der Waals surface area contributed by atoms with Crippen LogP contribution >= 0.6 is 11.8 Å². The maximum atomic E-state index is 9.26. The molecule has 0 bridgehead atoms. The zero-order chi connectivity index (χ0) is 9.97. The van der Waals surface area contributed by atoms with Crippen molar-refractivity contribution in [1.29, 1.82) is 0 Å². The molecule has 2 aromatic rings. The molecule has 2 rings (SSSR count). The number of nitrogens with zero attached hydrogens (tertiary/aromatic N) is 1. The number of aromatic hydroxyl groups is 1. The number of aromatic nitrogens is 2. The normalized spacial score (nSPS) is 10.9. The highest BCUT2D eigenvalue weighted by molar-refractivity contribution is 7.99. The van der Waals surface area contributed by atoms with Crippen LogP contribution in [0.3, 0.4) is 0 Å². The molecule has 1 heterocycles. The van der Waals surface area contributed by atoms with Crippen LogP contribution in [-0.4, -0.2) is 20.8 Å². The Morgan fingerprint density at radius 3 is 3.14 bits per heavy atom. The maximum Gasteiger partial charge on any atom is 0.166 e. The van der Waals surface area contributed by atoms with Gasteiger partial charge in [0.15, 0.2) is 5.16 Å². The average Bonchev–Trinajstić information content (AvgIpc) is 2.56. The average molecular weight is 208 g/mol. The second-order valence-electron chi connectivity index (χ2n) is 3.09. The van der Waals surface area contributed by atoms with Gasteiger partial charge in [0, 0.05) is 11.8 Å². The molecule has 0 aliphatic heterocycles. The Morgan fingerprint density at radius 1 is 1.50 bits per heavy atom. The molecule has 74 valence electrons. The van der Waals surface area contributed by atoms with Crippen molar-refractivity contribution in [2.45, 2.75) is 18.5 Å². The molecule has 0 atom stereocenters. The van der Waals surface area contributed by atoms with E-state index in [2.05, 4.69) is 16.9 Å². The van der Waals surface area contributed by atoms with Gasteiger partial charge in [-0.05, 0) is 18.6 Å². The number of phenolic OH excluding ortho intramolecular Hbond substituents is 1. The number of benzene rings is 1. The molecular weight excluding hydrogens is 196 g/mol. The molecule has 0 saturated carbocycles. The molecule has 0 fully saturated rings. The number of rotatable bonds is 3. The van der Waals surface area contributed by atoms with E-state index in [9.17, 15) is 5.11 Å². The molecular formula is C10H12N2OS. The fourth-order valence-electron chi connectivity index (χ4n) is 1.24. The maximum absolute atomic E-state index is 9.26. The molecule has 0 amide bonds. The van der Waals surface area contributed by atoms with Gasteiger partial charge in [0.2, 0.25) is 0 Å². The summed E-state index contributed by atoms with van der Waals surface area (Å²) in [5, 5.41) is 10.2. The SMILES string of the molecule is CCCSc1nc2ccc(O)cc2[nH]1. The van der Waals surface area contributed by atoms with E-state index in [1.54, 1.807) is 23.9 Å². The Hall–Kier alpha value is -1.16. The smallest absolute Gasteiger partial charge is 0.166 e. The number of phenols is 1. The van der Waals surface area contributed by atoms with E-state index in [4.69, 9.17) is 0 Å². The summed E-state index contributed by atoms with van der Waals surface area (Å²) in [6, 6.07) is 5.16. The van der Waals surface area contributed by atoms with Gasteiger partial charge in [0.05, 0.1) is 11.0 Å². The second-order valence-corrected chi connectivity index (χ2v) is 4.18. The highest BCUT2D eigenvalue weighted by Gasteiger charge is 2.02. The molecule has 0 saturated heterocycles. The van der Waals surface area contributed by atoms with Crippen LogP contribution in [0.1, 0.15) is 13.3 Å². The first-order valence-corrected chi connectivity index (χ1v) is 5.59. The lowest BCUT2D eigenvalue weighted by atomic mass is 10.3. The number of thioether (sulfide) groups is 1. The molecule has 4 heteroatoms. The number of imidazole rings is 1. The highest BCUT2D eigenvalue weighted by atomic mass is 32.2. The molecule has 2 N–H and O–H groups in total. The van der Waals surface area contributed by atoms with Crippen molar-refractivity contribution in [1.82, 2.24) is 9.97 Å². The first-order valence-electron chi connectivity index (χ1n) is 4.61. The summed E-state index contributed by atoms with van der Waals surface area (Å²) in [5.41, 5.74) is 1.80. The minimum absolute atomic E-state index is 0.271. The Balaban J connectivity index is 2.32.